The number of carbonyl (C=O) groups excluding carboxylic acids is 2. The molecule has 1 fully saturated rings. The second-order valence-corrected chi connectivity index (χ2v) is 6.90. The van der Waals surface area contributed by atoms with E-state index in [2.05, 4.69) is 5.32 Å². The van der Waals surface area contributed by atoms with Crippen molar-refractivity contribution in [3.05, 3.63) is 59.9 Å². The quantitative estimate of drug-likeness (QED) is 0.871. The molecule has 1 atom stereocenters. The summed E-state index contributed by atoms with van der Waals surface area (Å²) in [7, 11) is 0. The molecule has 0 aromatic heterocycles. The number of rotatable bonds is 3. The molecular weight excluding hydrogens is 319 g/mol. The van der Waals surface area contributed by atoms with E-state index < -0.39 is 5.41 Å². The van der Waals surface area contributed by atoms with Crippen LogP contribution in [-0.4, -0.2) is 17.9 Å². The summed E-state index contributed by atoms with van der Waals surface area (Å²) in [5, 5.41) is 2.76. The lowest BCUT2D eigenvalue weighted by atomic mass is 10.0. The Morgan fingerprint density at radius 3 is 2.48 bits per heavy atom. The van der Waals surface area contributed by atoms with E-state index in [-0.39, 0.29) is 23.7 Å². The second-order valence-electron chi connectivity index (χ2n) is 6.90. The number of amides is 2. The van der Waals surface area contributed by atoms with Gasteiger partial charge in [0.15, 0.2) is 0 Å². The first-order chi connectivity index (χ1) is 12.0. The van der Waals surface area contributed by atoms with Crippen molar-refractivity contribution < 1.29 is 14.0 Å². The number of nitrogens with one attached hydrogen (secondary N) is 1. The number of hydrogen-bond acceptors (Lipinski definition) is 2. The van der Waals surface area contributed by atoms with Gasteiger partial charge in [-0.3, -0.25) is 9.59 Å². The molecule has 0 spiro atoms. The minimum atomic E-state index is -1.000. The van der Waals surface area contributed by atoms with Gasteiger partial charge in [-0.15, -0.1) is 0 Å². The summed E-state index contributed by atoms with van der Waals surface area (Å²) in [6.45, 7) is 2.01. The number of fused-ring (bicyclic) bond motifs is 1. The smallest absolute Gasteiger partial charge is 0.242 e. The van der Waals surface area contributed by atoms with Crippen molar-refractivity contribution >= 4 is 23.2 Å². The fourth-order valence-electron chi connectivity index (χ4n) is 3.55. The summed E-state index contributed by atoms with van der Waals surface area (Å²) in [5.41, 5.74) is 1.54. The zero-order valence-electron chi connectivity index (χ0n) is 14.0. The maximum absolute atomic E-state index is 13.2. The van der Waals surface area contributed by atoms with Crippen LogP contribution in [-0.2, 0) is 16.0 Å². The van der Waals surface area contributed by atoms with Crippen LogP contribution in [0.1, 0.15) is 25.3 Å². The van der Waals surface area contributed by atoms with Crippen molar-refractivity contribution in [3.8, 4) is 0 Å². The van der Waals surface area contributed by atoms with Crippen molar-refractivity contribution in [3.63, 3.8) is 0 Å². The third kappa shape index (κ3) is 2.60. The van der Waals surface area contributed by atoms with Crippen LogP contribution >= 0.6 is 0 Å². The predicted molar refractivity (Wildman–Crippen MR) is 93.8 cm³/mol. The standard InChI is InChI=1S/C20H19FN2O2/c1-13-12-14-4-2-3-5-17(14)23(13)19(25)20(10-11-20)18(24)22-16-8-6-15(21)7-9-16/h2-9,13H,10-12H2,1H3,(H,22,24). The first-order valence-electron chi connectivity index (χ1n) is 8.50. The zero-order valence-corrected chi connectivity index (χ0v) is 14.0. The molecule has 25 heavy (non-hydrogen) atoms. The molecule has 0 radical (unpaired) electrons. The lowest BCUT2D eigenvalue weighted by molar-refractivity contribution is -0.132. The second kappa shape index (κ2) is 5.69. The molecule has 2 aromatic rings. The van der Waals surface area contributed by atoms with Gasteiger partial charge in [0.2, 0.25) is 11.8 Å². The maximum Gasteiger partial charge on any atom is 0.242 e. The van der Waals surface area contributed by atoms with E-state index in [0.717, 1.165) is 17.7 Å². The topological polar surface area (TPSA) is 49.4 Å². The van der Waals surface area contributed by atoms with Crippen LogP contribution in [0.4, 0.5) is 15.8 Å². The van der Waals surface area contributed by atoms with Gasteiger partial charge in [0, 0.05) is 17.4 Å². The van der Waals surface area contributed by atoms with E-state index in [0.29, 0.717) is 18.5 Å². The van der Waals surface area contributed by atoms with Crippen molar-refractivity contribution in [1.82, 2.24) is 0 Å². The van der Waals surface area contributed by atoms with E-state index >= 15 is 0 Å². The zero-order chi connectivity index (χ0) is 17.6. The summed E-state index contributed by atoms with van der Waals surface area (Å²) >= 11 is 0. The third-order valence-electron chi connectivity index (χ3n) is 5.12. The lowest BCUT2D eigenvalue weighted by Gasteiger charge is -2.27. The maximum atomic E-state index is 13.2. The minimum Gasteiger partial charge on any atom is -0.325 e. The van der Waals surface area contributed by atoms with Crippen LogP contribution in [0.2, 0.25) is 0 Å². The number of anilines is 2. The average Bonchev–Trinajstić information content (AvgIpc) is 3.34. The molecule has 1 aliphatic carbocycles. The molecule has 5 heteroatoms. The summed E-state index contributed by atoms with van der Waals surface area (Å²) < 4.78 is 13.0. The average molecular weight is 338 g/mol. The molecule has 0 saturated heterocycles. The highest BCUT2D eigenvalue weighted by molar-refractivity contribution is 6.18. The first-order valence-corrected chi connectivity index (χ1v) is 8.50. The Bertz CT molecular complexity index is 843. The largest absolute Gasteiger partial charge is 0.325 e. The highest BCUT2D eigenvalue weighted by Crippen LogP contribution is 2.50. The van der Waals surface area contributed by atoms with Crippen molar-refractivity contribution in [2.24, 2.45) is 5.41 Å². The molecule has 1 aliphatic heterocycles. The van der Waals surface area contributed by atoms with Gasteiger partial charge in [0.05, 0.1) is 0 Å². The molecule has 1 saturated carbocycles. The monoisotopic (exact) mass is 338 g/mol. The highest BCUT2D eigenvalue weighted by atomic mass is 19.1. The molecule has 128 valence electrons. The fourth-order valence-corrected chi connectivity index (χ4v) is 3.55. The Labute approximate surface area is 145 Å². The Hall–Kier alpha value is -2.69. The number of para-hydroxylation sites is 1. The van der Waals surface area contributed by atoms with E-state index in [4.69, 9.17) is 0 Å². The highest BCUT2D eigenvalue weighted by Gasteiger charge is 2.59. The van der Waals surface area contributed by atoms with Crippen molar-refractivity contribution in [2.75, 3.05) is 10.2 Å². The number of benzene rings is 2. The summed E-state index contributed by atoms with van der Waals surface area (Å²) in [5.74, 6) is -0.803. The van der Waals surface area contributed by atoms with Gasteiger partial charge in [-0.05, 0) is 62.1 Å². The molecule has 1 unspecified atom stereocenters. The molecule has 2 aliphatic rings. The summed E-state index contributed by atoms with van der Waals surface area (Å²) in [4.78, 5) is 27.7. The molecule has 4 nitrogen and oxygen atoms in total. The van der Waals surface area contributed by atoms with E-state index in [1.165, 1.54) is 24.3 Å². The molecule has 0 bridgehead atoms. The number of nitrogens with zero attached hydrogens (tertiary/aromatic N) is 1. The van der Waals surface area contributed by atoms with Gasteiger partial charge in [0.1, 0.15) is 11.2 Å². The Balaban J connectivity index is 1.57. The Morgan fingerprint density at radius 1 is 1.12 bits per heavy atom. The minimum absolute atomic E-state index is 0.0426. The third-order valence-corrected chi connectivity index (χ3v) is 5.12. The molecule has 1 N–H and O–H groups in total. The lowest BCUT2D eigenvalue weighted by Crippen LogP contribution is -2.45. The van der Waals surface area contributed by atoms with Gasteiger partial charge in [0.25, 0.3) is 0 Å². The summed E-state index contributed by atoms with van der Waals surface area (Å²) in [6.07, 6.45) is 1.89. The van der Waals surface area contributed by atoms with Crippen molar-refractivity contribution in [2.45, 2.75) is 32.2 Å². The van der Waals surface area contributed by atoms with Crippen LogP contribution in [0.15, 0.2) is 48.5 Å². The number of carbonyl (C=O) groups is 2. The van der Waals surface area contributed by atoms with Gasteiger partial charge in [-0.2, -0.15) is 0 Å². The number of halogens is 1. The van der Waals surface area contributed by atoms with Crippen LogP contribution < -0.4 is 10.2 Å². The van der Waals surface area contributed by atoms with Crippen LogP contribution in [0.5, 0.6) is 0 Å². The van der Waals surface area contributed by atoms with Gasteiger partial charge >= 0.3 is 0 Å². The molecular formula is C20H19FN2O2. The SMILES string of the molecule is CC1Cc2ccccc2N1C(=O)C1(C(=O)Nc2ccc(F)cc2)CC1. The van der Waals surface area contributed by atoms with Crippen LogP contribution in [0, 0.1) is 11.2 Å². The Kier molecular flexibility index (Phi) is 3.60. The van der Waals surface area contributed by atoms with Crippen LogP contribution in [0.25, 0.3) is 0 Å². The fraction of sp³-hybridized carbons (Fsp3) is 0.300. The summed E-state index contributed by atoms with van der Waals surface area (Å²) in [6, 6.07) is 13.5. The predicted octanol–water partition coefficient (Wildman–Crippen LogP) is 3.52. The molecule has 1 heterocycles. The molecule has 2 amide bonds. The number of hydrogen-bond donors (Lipinski definition) is 1. The van der Waals surface area contributed by atoms with E-state index in [1.807, 2.05) is 31.2 Å². The first kappa shape index (κ1) is 15.8. The van der Waals surface area contributed by atoms with E-state index in [9.17, 15) is 14.0 Å². The van der Waals surface area contributed by atoms with Gasteiger partial charge in [-0.1, -0.05) is 18.2 Å². The molecule has 4 rings (SSSR count). The Morgan fingerprint density at radius 2 is 1.80 bits per heavy atom. The normalized spacial score (nSPS) is 20.1. The van der Waals surface area contributed by atoms with Crippen molar-refractivity contribution in [1.29, 1.82) is 0 Å². The van der Waals surface area contributed by atoms with Crippen LogP contribution in [0.3, 0.4) is 0 Å². The van der Waals surface area contributed by atoms with Gasteiger partial charge < -0.3 is 10.2 Å². The van der Waals surface area contributed by atoms with E-state index in [1.54, 1.807) is 4.90 Å². The molecule has 2 aromatic carbocycles. The van der Waals surface area contributed by atoms with Gasteiger partial charge in [-0.25, -0.2) is 4.39 Å².